The van der Waals surface area contributed by atoms with E-state index < -0.39 is 6.03 Å². The van der Waals surface area contributed by atoms with Crippen LogP contribution in [0.15, 0.2) is 29.7 Å². The van der Waals surface area contributed by atoms with Crippen LogP contribution in [0.25, 0.3) is 11.4 Å². The molecule has 2 aromatic heterocycles. The van der Waals surface area contributed by atoms with Crippen molar-refractivity contribution < 1.29 is 9.59 Å². The second kappa shape index (κ2) is 8.79. The Hall–Kier alpha value is -2.42. The maximum absolute atomic E-state index is 12.0. The van der Waals surface area contributed by atoms with Gasteiger partial charge in [-0.1, -0.05) is 31.5 Å². The number of rotatable bonds is 5. The zero-order chi connectivity index (χ0) is 18.4. The number of imide groups is 1. The summed E-state index contributed by atoms with van der Waals surface area (Å²) in [6.07, 6.45) is 7.73. The summed E-state index contributed by atoms with van der Waals surface area (Å²) in [5, 5.41) is 12.6. The third kappa shape index (κ3) is 5.04. The first kappa shape index (κ1) is 18.4. The van der Waals surface area contributed by atoms with E-state index in [9.17, 15) is 9.59 Å². The van der Waals surface area contributed by atoms with Crippen LogP contribution in [0.1, 0.15) is 32.6 Å². The molecule has 138 valence electrons. The molecule has 2 atom stereocenters. The minimum Gasteiger partial charge on any atom is -0.335 e. The van der Waals surface area contributed by atoms with Crippen molar-refractivity contribution in [2.24, 2.45) is 5.92 Å². The van der Waals surface area contributed by atoms with Gasteiger partial charge in [-0.05, 0) is 30.9 Å². The number of aromatic nitrogens is 4. The summed E-state index contributed by atoms with van der Waals surface area (Å²) in [6, 6.07) is 3.35. The maximum atomic E-state index is 12.0. The van der Waals surface area contributed by atoms with Crippen LogP contribution in [0.2, 0.25) is 0 Å². The number of thioether (sulfide) groups is 1. The van der Waals surface area contributed by atoms with Crippen molar-refractivity contribution in [3.05, 3.63) is 24.5 Å². The smallest absolute Gasteiger partial charge is 0.321 e. The van der Waals surface area contributed by atoms with Gasteiger partial charge < -0.3 is 5.32 Å². The van der Waals surface area contributed by atoms with E-state index in [4.69, 9.17) is 0 Å². The molecular formula is C17H22N6O2S. The third-order valence-electron chi connectivity index (χ3n) is 4.43. The highest BCUT2D eigenvalue weighted by Crippen LogP contribution is 2.23. The summed E-state index contributed by atoms with van der Waals surface area (Å²) >= 11 is 1.17. The molecule has 3 rings (SSSR count). The fourth-order valence-corrected chi connectivity index (χ4v) is 3.58. The molecule has 1 aliphatic carbocycles. The Balaban J connectivity index is 1.44. The highest BCUT2D eigenvalue weighted by molar-refractivity contribution is 7.99. The Morgan fingerprint density at radius 1 is 1.27 bits per heavy atom. The number of amides is 3. The number of hydrogen-bond donors (Lipinski definition) is 3. The maximum Gasteiger partial charge on any atom is 0.321 e. The number of aromatic amines is 1. The minimum atomic E-state index is -0.429. The van der Waals surface area contributed by atoms with E-state index >= 15 is 0 Å². The van der Waals surface area contributed by atoms with Gasteiger partial charge in [0.05, 0.1) is 5.75 Å². The zero-order valence-electron chi connectivity index (χ0n) is 14.6. The van der Waals surface area contributed by atoms with Crippen LogP contribution in [0.5, 0.6) is 0 Å². The van der Waals surface area contributed by atoms with Gasteiger partial charge in [-0.3, -0.25) is 20.2 Å². The largest absolute Gasteiger partial charge is 0.335 e. The molecule has 9 heteroatoms. The van der Waals surface area contributed by atoms with Gasteiger partial charge in [0.15, 0.2) is 5.82 Å². The molecule has 3 amide bonds. The second-order valence-corrected chi connectivity index (χ2v) is 7.32. The van der Waals surface area contributed by atoms with Crippen LogP contribution >= 0.6 is 11.8 Å². The van der Waals surface area contributed by atoms with E-state index in [1.165, 1.54) is 18.2 Å². The number of hydrogen-bond acceptors (Lipinski definition) is 6. The molecule has 0 aromatic carbocycles. The lowest BCUT2D eigenvalue weighted by atomic mass is 9.86. The van der Waals surface area contributed by atoms with Crippen molar-refractivity contribution in [1.82, 2.24) is 30.8 Å². The van der Waals surface area contributed by atoms with Crippen LogP contribution in [-0.2, 0) is 4.79 Å². The number of carbonyl (C=O) groups excluding carboxylic acids is 2. The molecule has 0 saturated heterocycles. The molecule has 1 saturated carbocycles. The normalized spacial score (nSPS) is 19.7. The molecular weight excluding hydrogens is 352 g/mol. The number of pyridine rings is 1. The molecule has 0 bridgehead atoms. The van der Waals surface area contributed by atoms with Crippen LogP contribution < -0.4 is 10.6 Å². The molecule has 26 heavy (non-hydrogen) atoms. The van der Waals surface area contributed by atoms with Gasteiger partial charge in [0, 0.05) is 24.0 Å². The third-order valence-corrected chi connectivity index (χ3v) is 5.28. The predicted molar refractivity (Wildman–Crippen MR) is 98.4 cm³/mol. The van der Waals surface area contributed by atoms with E-state index in [-0.39, 0.29) is 17.7 Å². The molecule has 3 N–H and O–H groups in total. The van der Waals surface area contributed by atoms with Crippen molar-refractivity contribution in [1.29, 1.82) is 0 Å². The lowest BCUT2D eigenvalue weighted by Gasteiger charge is -2.29. The summed E-state index contributed by atoms with van der Waals surface area (Å²) in [5.41, 5.74) is 0.866. The number of H-pyrrole nitrogens is 1. The molecule has 1 aliphatic rings. The number of nitrogens with zero attached hydrogens (tertiary/aromatic N) is 3. The average molecular weight is 374 g/mol. The van der Waals surface area contributed by atoms with Gasteiger partial charge >= 0.3 is 6.03 Å². The fourth-order valence-electron chi connectivity index (χ4n) is 2.98. The van der Waals surface area contributed by atoms with Crippen molar-refractivity contribution in [2.75, 3.05) is 5.75 Å². The van der Waals surface area contributed by atoms with Crippen LogP contribution in [0.4, 0.5) is 4.79 Å². The summed E-state index contributed by atoms with van der Waals surface area (Å²) in [7, 11) is 0. The molecule has 2 heterocycles. The Kier molecular flexibility index (Phi) is 6.21. The molecule has 0 spiro atoms. The Morgan fingerprint density at radius 3 is 2.81 bits per heavy atom. The molecule has 8 nitrogen and oxygen atoms in total. The monoisotopic (exact) mass is 374 g/mol. The first-order valence-electron chi connectivity index (χ1n) is 8.68. The second-order valence-electron chi connectivity index (χ2n) is 6.38. The van der Waals surface area contributed by atoms with Gasteiger partial charge in [-0.2, -0.15) is 0 Å². The Bertz CT molecular complexity index is 751. The fraction of sp³-hybridized carbons (Fsp3) is 0.471. The molecule has 1 fully saturated rings. The van der Waals surface area contributed by atoms with E-state index in [2.05, 4.69) is 37.7 Å². The Morgan fingerprint density at radius 2 is 2.04 bits per heavy atom. The topological polar surface area (TPSA) is 113 Å². The van der Waals surface area contributed by atoms with Crippen LogP contribution in [0, 0.1) is 5.92 Å². The summed E-state index contributed by atoms with van der Waals surface area (Å²) in [5.74, 6) is 0.755. The number of carbonyl (C=O) groups is 2. The number of nitrogens with one attached hydrogen (secondary N) is 3. The Labute approximate surface area is 156 Å². The highest BCUT2D eigenvalue weighted by atomic mass is 32.2. The van der Waals surface area contributed by atoms with Crippen LogP contribution in [0.3, 0.4) is 0 Å². The summed E-state index contributed by atoms with van der Waals surface area (Å²) < 4.78 is 0. The first-order valence-corrected chi connectivity index (χ1v) is 9.66. The van der Waals surface area contributed by atoms with E-state index in [0.29, 0.717) is 16.9 Å². The highest BCUT2D eigenvalue weighted by Gasteiger charge is 2.23. The molecule has 0 unspecified atom stereocenters. The van der Waals surface area contributed by atoms with E-state index in [1.807, 2.05) is 12.1 Å². The lowest BCUT2D eigenvalue weighted by Crippen LogP contribution is -2.48. The van der Waals surface area contributed by atoms with E-state index in [1.54, 1.807) is 12.4 Å². The molecule has 2 aromatic rings. The first-order chi connectivity index (χ1) is 12.6. The van der Waals surface area contributed by atoms with Crippen molar-refractivity contribution in [3.8, 4) is 11.4 Å². The SMILES string of the molecule is C[C@@H]1CCCC[C@@H]1NC(=O)NC(=O)CSc1n[nH]c(-c2ccncc2)n1. The zero-order valence-corrected chi connectivity index (χ0v) is 15.4. The van der Waals surface area contributed by atoms with Gasteiger partial charge in [-0.25, -0.2) is 9.78 Å². The predicted octanol–water partition coefficient (Wildman–Crippen LogP) is 2.36. The van der Waals surface area contributed by atoms with Gasteiger partial charge in [0.2, 0.25) is 11.1 Å². The molecule has 0 aliphatic heterocycles. The van der Waals surface area contributed by atoms with Crippen molar-refractivity contribution in [3.63, 3.8) is 0 Å². The minimum absolute atomic E-state index is 0.0707. The van der Waals surface area contributed by atoms with Crippen molar-refractivity contribution in [2.45, 2.75) is 43.8 Å². The summed E-state index contributed by atoms with van der Waals surface area (Å²) in [6.45, 7) is 2.13. The van der Waals surface area contributed by atoms with Crippen LogP contribution in [-0.4, -0.2) is 43.9 Å². The quantitative estimate of drug-likeness (QED) is 0.693. The average Bonchev–Trinajstić information content (AvgIpc) is 3.12. The lowest BCUT2D eigenvalue weighted by molar-refractivity contribution is -0.117. The van der Waals surface area contributed by atoms with Gasteiger partial charge in [0.25, 0.3) is 0 Å². The number of urea groups is 1. The van der Waals surface area contributed by atoms with Crippen molar-refractivity contribution >= 4 is 23.7 Å². The standard InChI is InChI=1S/C17H22N6O2S/c1-11-4-2-3-5-13(11)19-16(25)20-14(24)10-26-17-21-15(22-23-17)12-6-8-18-9-7-12/h6-9,11,13H,2-5,10H2,1H3,(H,21,22,23)(H2,19,20,24,25)/t11-,13+/m1/s1. The van der Waals surface area contributed by atoms with E-state index in [0.717, 1.165) is 24.8 Å². The molecule has 0 radical (unpaired) electrons. The summed E-state index contributed by atoms with van der Waals surface area (Å²) in [4.78, 5) is 32.2. The van der Waals surface area contributed by atoms with Gasteiger partial charge in [0.1, 0.15) is 0 Å². The van der Waals surface area contributed by atoms with Gasteiger partial charge in [-0.15, -0.1) is 5.10 Å².